The average molecular weight is 336 g/mol. The topological polar surface area (TPSA) is 29.5 Å². The summed E-state index contributed by atoms with van der Waals surface area (Å²) < 4.78 is 5.71. The fraction of sp³-hybridized carbons (Fsp3) is 0.632. The van der Waals surface area contributed by atoms with Gasteiger partial charge in [-0.05, 0) is 51.6 Å². The van der Waals surface area contributed by atoms with Gasteiger partial charge in [-0.25, -0.2) is 0 Å². The van der Waals surface area contributed by atoms with Crippen LogP contribution in [-0.2, 0) is 9.53 Å². The van der Waals surface area contributed by atoms with E-state index < -0.39 is 0 Å². The first-order valence-corrected chi connectivity index (χ1v) is 8.62. The molecule has 4 atom stereocenters. The second-order valence-electron chi connectivity index (χ2n) is 7.38. The highest BCUT2D eigenvalue weighted by Gasteiger charge is 2.50. The Balaban J connectivity index is 0.00000156. The number of hydrogen-bond donors (Lipinski definition) is 0. The van der Waals surface area contributed by atoms with E-state index in [2.05, 4.69) is 43.1 Å². The Bertz CT molecular complexity index is 569. The second kappa shape index (κ2) is 6.45. The lowest BCUT2D eigenvalue weighted by atomic mass is 9.76. The third-order valence-corrected chi connectivity index (χ3v) is 5.85. The van der Waals surface area contributed by atoms with E-state index in [1.54, 1.807) is 0 Å². The number of piperidine rings is 1. The van der Waals surface area contributed by atoms with Gasteiger partial charge in [0.25, 0.3) is 0 Å². The van der Waals surface area contributed by atoms with Crippen LogP contribution in [0.4, 0.5) is 0 Å². The second-order valence-corrected chi connectivity index (χ2v) is 7.38. The molecule has 0 spiro atoms. The molecule has 3 nitrogen and oxygen atoms in total. The number of hydrogen-bond acceptors (Lipinski definition) is 3. The molecule has 3 fully saturated rings. The van der Waals surface area contributed by atoms with Crippen LogP contribution in [0.3, 0.4) is 0 Å². The van der Waals surface area contributed by atoms with E-state index in [1.165, 1.54) is 17.5 Å². The minimum Gasteiger partial charge on any atom is -0.462 e. The summed E-state index contributed by atoms with van der Waals surface area (Å²) >= 11 is 0. The highest BCUT2D eigenvalue weighted by molar-refractivity contribution is 5.85. The van der Waals surface area contributed by atoms with Crippen LogP contribution in [0.2, 0.25) is 0 Å². The van der Waals surface area contributed by atoms with Gasteiger partial charge in [0.05, 0.1) is 5.92 Å². The number of nitrogens with zero attached hydrogens (tertiary/aromatic N) is 1. The first kappa shape index (κ1) is 16.8. The van der Waals surface area contributed by atoms with Gasteiger partial charge in [-0.15, -0.1) is 12.4 Å². The Kier molecular flexibility index (Phi) is 4.70. The average Bonchev–Trinajstić information content (AvgIpc) is 3.27. The van der Waals surface area contributed by atoms with Crippen molar-refractivity contribution in [3.8, 4) is 0 Å². The SMILES string of the molecule is Cc1ccc(C2CC3CCC(C2C(=O)OC2CC2)N3C)cc1.Cl. The molecule has 2 aliphatic heterocycles. The third kappa shape index (κ3) is 3.14. The number of aryl methyl sites for hydroxylation is 1. The summed E-state index contributed by atoms with van der Waals surface area (Å²) in [6.07, 6.45) is 5.74. The molecular weight excluding hydrogens is 310 g/mol. The first-order valence-electron chi connectivity index (χ1n) is 8.62. The van der Waals surface area contributed by atoms with Gasteiger partial charge in [-0.2, -0.15) is 0 Å². The molecule has 4 rings (SSSR count). The minimum absolute atomic E-state index is 0. The number of carbonyl (C=O) groups excluding carboxylic acids is 1. The van der Waals surface area contributed by atoms with Crippen molar-refractivity contribution >= 4 is 18.4 Å². The number of carbonyl (C=O) groups is 1. The van der Waals surface area contributed by atoms with Gasteiger partial charge in [0.2, 0.25) is 0 Å². The van der Waals surface area contributed by atoms with Crippen LogP contribution in [0.1, 0.15) is 49.1 Å². The smallest absolute Gasteiger partial charge is 0.311 e. The molecule has 0 amide bonds. The maximum Gasteiger partial charge on any atom is 0.311 e. The summed E-state index contributed by atoms with van der Waals surface area (Å²) in [5.41, 5.74) is 2.59. The minimum atomic E-state index is 0. The monoisotopic (exact) mass is 335 g/mol. The Labute approximate surface area is 144 Å². The van der Waals surface area contributed by atoms with Gasteiger partial charge in [0, 0.05) is 18.0 Å². The summed E-state index contributed by atoms with van der Waals surface area (Å²) in [6.45, 7) is 2.11. The van der Waals surface area contributed by atoms with Crippen LogP contribution in [0.25, 0.3) is 0 Å². The maximum absolute atomic E-state index is 12.8. The van der Waals surface area contributed by atoms with Crippen molar-refractivity contribution in [1.82, 2.24) is 4.90 Å². The summed E-state index contributed by atoms with van der Waals surface area (Å²) in [7, 11) is 2.19. The summed E-state index contributed by atoms with van der Waals surface area (Å²) in [6, 6.07) is 9.74. The van der Waals surface area contributed by atoms with E-state index in [4.69, 9.17) is 4.74 Å². The quantitative estimate of drug-likeness (QED) is 0.789. The first-order chi connectivity index (χ1) is 10.6. The van der Waals surface area contributed by atoms with E-state index >= 15 is 0 Å². The molecule has 4 heteroatoms. The molecule has 0 radical (unpaired) electrons. The van der Waals surface area contributed by atoms with Crippen LogP contribution in [0.15, 0.2) is 24.3 Å². The number of benzene rings is 1. The lowest BCUT2D eigenvalue weighted by Crippen LogP contribution is -2.49. The van der Waals surface area contributed by atoms with E-state index in [0.29, 0.717) is 18.0 Å². The van der Waals surface area contributed by atoms with E-state index in [0.717, 1.165) is 25.7 Å². The molecule has 2 saturated heterocycles. The molecule has 0 N–H and O–H groups in total. The zero-order valence-electron chi connectivity index (χ0n) is 13.9. The fourth-order valence-electron chi connectivity index (χ4n) is 4.37. The van der Waals surface area contributed by atoms with Crippen LogP contribution in [-0.4, -0.2) is 36.1 Å². The van der Waals surface area contributed by atoms with Crippen molar-refractivity contribution in [3.05, 3.63) is 35.4 Å². The van der Waals surface area contributed by atoms with Crippen molar-refractivity contribution in [3.63, 3.8) is 0 Å². The van der Waals surface area contributed by atoms with Crippen molar-refractivity contribution < 1.29 is 9.53 Å². The summed E-state index contributed by atoms with van der Waals surface area (Å²) in [5.74, 6) is 0.373. The van der Waals surface area contributed by atoms with E-state index in [1.807, 2.05) is 0 Å². The summed E-state index contributed by atoms with van der Waals surface area (Å²) in [4.78, 5) is 15.2. The number of ether oxygens (including phenoxy) is 1. The van der Waals surface area contributed by atoms with E-state index in [-0.39, 0.29) is 30.4 Å². The molecule has 2 heterocycles. The standard InChI is InChI=1S/C19H25NO2.ClH/c1-12-3-5-13(6-4-12)16-11-14-7-10-17(20(14)2)18(16)19(21)22-15-8-9-15;/h3-6,14-18H,7-11H2,1-2H3;1H. The van der Waals surface area contributed by atoms with Crippen LogP contribution in [0, 0.1) is 12.8 Å². The maximum atomic E-state index is 12.8. The highest BCUT2D eigenvalue weighted by Crippen LogP contribution is 2.47. The Morgan fingerprint density at radius 2 is 1.83 bits per heavy atom. The molecule has 23 heavy (non-hydrogen) atoms. The van der Waals surface area contributed by atoms with Gasteiger partial charge in [-0.3, -0.25) is 9.69 Å². The van der Waals surface area contributed by atoms with Crippen molar-refractivity contribution in [2.45, 2.75) is 63.1 Å². The molecule has 4 unspecified atom stereocenters. The predicted octanol–water partition coefficient (Wildman–Crippen LogP) is 3.69. The Morgan fingerprint density at radius 3 is 2.48 bits per heavy atom. The molecule has 1 aromatic carbocycles. The van der Waals surface area contributed by atoms with Crippen LogP contribution < -0.4 is 0 Å². The lowest BCUT2D eigenvalue weighted by molar-refractivity contribution is -0.154. The normalized spacial score (nSPS) is 33.1. The van der Waals surface area contributed by atoms with Gasteiger partial charge in [0.1, 0.15) is 6.10 Å². The molecule has 3 aliphatic rings. The Hall–Kier alpha value is -1.06. The molecular formula is C19H26ClNO2. The zero-order chi connectivity index (χ0) is 15.3. The molecule has 1 saturated carbocycles. The van der Waals surface area contributed by atoms with E-state index in [9.17, 15) is 4.79 Å². The van der Waals surface area contributed by atoms with Gasteiger partial charge >= 0.3 is 5.97 Å². The van der Waals surface area contributed by atoms with Crippen LogP contribution in [0.5, 0.6) is 0 Å². The summed E-state index contributed by atoms with van der Waals surface area (Å²) in [5, 5.41) is 0. The molecule has 1 aliphatic carbocycles. The largest absolute Gasteiger partial charge is 0.462 e. The Morgan fingerprint density at radius 1 is 1.13 bits per heavy atom. The third-order valence-electron chi connectivity index (χ3n) is 5.85. The number of esters is 1. The van der Waals surface area contributed by atoms with Crippen LogP contribution >= 0.6 is 12.4 Å². The molecule has 0 aromatic heterocycles. The predicted molar refractivity (Wildman–Crippen MR) is 93.0 cm³/mol. The van der Waals surface area contributed by atoms with Gasteiger partial charge in [0.15, 0.2) is 0 Å². The zero-order valence-corrected chi connectivity index (χ0v) is 14.7. The fourth-order valence-corrected chi connectivity index (χ4v) is 4.37. The lowest BCUT2D eigenvalue weighted by Gasteiger charge is -2.42. The van der Waals surface area contributed by atoms with Gasteiger partial charge < -0.3 is 4.74 Å². The number of halogens is 1. The molecule has 2 bridgehead atoms. The van der Waals surface area contributed by atoms with Crippen molar-refractivity contribution in [2.75, 3.05) is 7.05 Å². The molecule has 126 valence electrons. The highest BCUT2D eigenvalue weighted by atomic mass is 35.5. The van der Waals surface area contributed by atoms with Gasteiger partial charge in [-0.1, -0.05) is 29.8 Å². The van der Waals surface area contributed by atoms with Crippen molar-refractivity contribution in [1.29, 1.82) is 0 Å². The number of rotatable bonds is 3. The number of fused-ring (bicyclic) bond motifs is 2. The van der Waals surface area contributed by atoms with Crippen molar-refractivity contribution in [2.24, 2.45) is 5.92 Å². The molecule has 1 aromatic rings.